The maximum atomic E-state index is 13.1. The number of ether oxygens (including phenoxy) is 3. The summed E-state index contributed by atoms with van der Waals surface area (Å²) in [5.74, 6) is 4.45. The van der Waals surface area contributed by atoms with Crippen molar-refractivity contribution < 1.29 is 70.1 Å². The number of aliphatic carboxylic acids is 1. The first-order valence-electron chi connectivity index (χ1n) is 20.1. The van der Waals surface area contributed by atoms with E-state index in [-0.39, 0.29) is 89.6 Å². The number of terminal acetylenes is 2. The molecule has 0 aliphatic carbocycles. The molecule has 0 spiro atoms. The van der Waals surface area contributed by atoms with Gasteiger partial charge in [0.25, 0.3) is 20.0 Å². The molecule has 15 nitrogen and oxygen atoms in total. The van der Waals surface area contributed by atoms with Gasteiger partial charge >= 0.3 is 30.8 Å². The van der Waals surface area contributed by atoms with Gasteiger partial charge in [0, 0.05) is 45.0 Å². The van der Waals surface area contributed by atoms with Gasteiger partial charge in [0.15, 0.2) is 0 Å². The Morgan fingerprint density at radius 1 is 0.597 bits per heavy atom. The Morgan fingerprint density at radius 2 is 0.955 bits per heavy atom. The van der Waals surface area contributed by atoms with Crippen LogP contribution in [0, 0.1) is 24.7 Å². The Balaban J connectivity index is 0.000000345. The van der Waals surface area contributed by atoms with Crippen LogP contribution in [0.2, 0.25) is 0 Å². The molecule has 6 aromatic carbocycles. The number of anilines is 4. The molecule has 2 atom stereocenters. The monoisotopic (exact) mass is 942 g/mol. The van der Waals surface area contributed by atoms with Crippen molar-refractivity contribution in [2.75, 3.05) is 53.7 Å². The number of fused-ring (bicyclic) bond motifs is 2. The van der Waals surface area contributed by atoms with E-state index in [1.165, 1.54) is 33.5 Å². The van der Waals surface area contributed by atoms with E-state index in [2.05, 4.69) is 21.3 Å². The number of para-hydroxylation sites is 2. The molecule has 0 heterocycles. The first-order chi connectivity index (χ1) is 31.1. The van der Waals surface area contributed by atoms with Gasteiger partial charge in [-0.3, -0.25) is 19.0 Å². The fourth-order valence-corrected chi connectivity index (χ4v) is 9.78. The number of carboxylic acid groups (broad SMARTS) is 1. The molecule has 6 rings (SSSR count). The van der Waals surface area contributed by atoms with Crippen LogP contribution in [-0.2, 0) is 34.4 Å². The minimum Gasteiger partial charge on any atom is -0.870 e. The number of nitrogens with zero attached hydrogens (tertiary/aromatic N) is 2. The van der Waals surface area contributed by atoms with Gasteiger partial charge in [0.2, 0.25) is 0 Å². The molecule has 4 N–H and O–H groups in total. The number of esters is 1. The van der Waals surface area contributed by atoms with Crippen molar-refractivity contribution in [2.24, 2.45) is 0 Å². The molecule has 0 aromatic heterocycles. The predicted molar refractivity (Wildman–Crippen MR) is 258 cm³/mol. The molecule has 0 aliphatic rings. The molecule has 67 heavy (non-hydrogen) atoms. The molecular weight excluding hydrogens is 892 g/mol. The van der Waals surface area contributed by atoms with Crippen molar-refractivity contribution in [3.05, 3.63) is 121 Å². The third kappa shape index (κ3) is 13.2. The zero-order valence-corrected chi connectivity index (χ0v) is 39.6. The van der Waals surface area contributed by atoms with E-state index in [1.807, 2.05) is 53.1 Å². The van der Waals surface area contributed by atoms with Gasteiger partial charge in [0.05, 0.1) is 58.6 Å². The first-order valence-corrected chi connectivity index (χ1v) is 23.1. The number of hydrogen-bond acceptors (Lipinski definition) is 12. The zero-order valence-electron chi connectivity index (χ0n) is 38.0. The summed E-state index contributed by atoms with van der Waals surface area (Å²) in [5, 5.41) is 12.1. The summed E-state index contributed by atoms with van der Waals surface area (Å²) in [6.45, 7) is 4.17. The maximum Gasteiger partial charge on any atom is 1.00 e. The standard InChI is InChI=1S/C25H26N2O5S.C24H24N2O5S.Li.H2O/c1-5-16-27(18(2)17-25(28)32-4)22-15-14-21(19-10-6-7-11-20(19)22)26-33(29,30)24-13-9-8-12-23(24)31-3;1-4-15-26(17(2)16-24(27)28)21-14-13-20(18-9-5-6-10-19(18)21)25-32(29,30)23-12-8-7-11-22(23)31-3;;/h1,6-15,18,26H,16-17H2,2-4H3;1,5-14,17,25H,15-16H2,2-3H3,(H,27,28);;1H2/q;;+1;/p-1/t18-;17-;;/m00../s1. The Labute approximate surface area is 404 Å². The number of methoxy groups -OCH3 is 3. The van der Waals surface area contributed by atoms with Crippen LogP contribution in [0.25, 0.3) is 21.5 Å². The summed E-state index contributed by atoms with van der Waals surface area (Å²) in [5.41, 5.74) is 2.33. The van der Waals surface area contributed by atoms with Crippen LogP contribution in [0.1, 0.15) is 26.7 Å². The van der Waals surface area contributed by atoms with E-state index in [4.69, 9.17) is 27.1 Å². The first kappa shape index (κ1) is 54.5. The second-order valence-corrected chi connectivity index (χ2v) is 17.9. The Kier molecular flexibility index (Phi) is 20.0. The fraction of sp³-hybridized carbons (Fsp3) is 0.224. The number of carbonyl (C=O) groups is 2. The molecule has 0 radical (unpaired) electrons. The van der Waals surface area contributed by atoms with Gasteiger partial charge in [-0.25, -0.2) is 16.8 Å². The number of benzene rings is 6. The average Bonchev–Trinajstić information content (AvgIpc) is 3.30. The third-order valence-electron chi connectivity index (χ3n) is 10.4. The second kappa shape index (κ2) is 24.6. The van der Waals surface area contributed by atoms with Crippen molar-refractivity contribution >= 4 is 76.3 Å². The molecule has 0 unspecified atom stereocenters. The van der Waals surface area contributed by atoms with Crippen LogP contribution in [0.5, 0.6) is 11.5 Å². The number of carbonyl (C=O) groups excluding carboxylic acids is 1. The number of nitrogens with one attached hydrogen (secondary N) is 2. The van der Waals surface area contributed by atoms with E-state index in [1.54, 1.807) is 79.7 Å². The topological polar surface area (TPSA) is 211 Å². The molecule has 0 fully saturated rings. The normalized spacial score (nSPS) is 11.6. The molecule has 0 saturated carbocycles. The van der Waals surface area contributed by atoms with Crippen LogP contribution < -0.4 is 47.6 Å². The van der Waals surface area contributed by atoms with Crippen molar-refractivity contribution in [1.29, 1.82) is 0 Å². The maximum absolute atomic E-state index is 13.1. The summed E-state index contributed by atoms with van der Waals surface area (Å²) < 4.78 is 73.0. The Bertz CT molecular complexity index is 2990. The van der Waals surface area contributed by atoms with E-state index in [0.29, 0.717) is 22.1 Å². The van der Waals surface area contributed by atoms with Crippen LogP contribution >= 0.6 is 0 Å². The van der Waals surface area contributed by atoms with Crippen molar-refractivity contribution in [3.63, 3.8) is 0 Å². The SMILES string of the molecule is C#CCN(c1ccc(NS(=O)(=O)c2ccccc2OC)c2ccccc12)[C@@H](C)CC(=O)O.C#CCN(c1ccc(NS(=O)(=O)c2ccccc2OC)c2ccccc12)[C@@H](C)CC(=O)OC.[Li+].[OH-]. The number of rotatable bonds is 18. The van der Waals surface area contributed by atoms with E-state index >= 15 is 0 Å². The molecule has 6 aromatic rings. The van der Waals surface area contributed by atoms with Gasteiger partial charge in [0.1, 0.15) is 21.3 Å². The van der Waals surface area contributed by atoms with Crippen LogP contribution in [0.15, 0.2) is 131 Å². The Morgan fingerprint density at radius 3 is 1.31 bits per heavy atom. The van der Waals surface area contributed by atoms with E-state index < -0.39 is 26.0 Å². The van der Waals surface area contributed by atoms with Gasteiger partial charge in [-0.15, -0.1) is 12.8 Å². The third-order valence-corrected chi connectivity index (χ3v) is 13.2. The number of sulfonamides is 2. The summed E-state index contributed by atoms with van der Waals surface area (Å²) in [7, 11) is -3.65. The zero-order chi connectivity index (χ0) is 47.3. The number of hydrogen-bond donors (Lipinski definition) is 3. The predicted octanol–water partition coefficient (Wildman–Crippen LogP) is 4.82. The van der Waals surface area contributed by atoms with Crippen molar-refractivity contribution in [3.8, 4) is 36.2 Å². The molecule has 0 saturated heterocycles. The summed E-state index contributed by atoms with van der Waals surface area (Å²) in [6.07, 6.45) is 11.2. The molecule has 0 amide bonds. The summed E-state index contributed by atoms with van der Waals surface area (Å²) >= 11 is 0. The summed E-state index contributed by atoms with van der Waals surface area (Å²) in [4.78, 5) is 26.9. The minimum atomic E-state index is -3.92. The average molecular weight is 943 g/mol. The van der Waals surface area contributed by atoms with Crippen molar-refractivity contribution in [2.45, 2.75) is 48.6 Å². The van der Waals surface area contributed by atoms with E-state index in [0.717, 1.165) is 22.1 Å². The largest absolute Gasteiger partial charge is 1.00 e. The summed E-state index contributed by atoms with van der Waals surface area (Å²) in [6, 6.07) is 33.8. The fourth-order valence-electron chi connectivity index (χ4n) is 7.28. The molecular formula is C49H51LiN4O11S2. The van der Waals surface area contributed by atoms with Gasteiger partial charge in [-0.1, -0.05) is 84.6 Å². The van der Waals surface area contributed by atoms with Crippen LogP contribution in [0.4, 0.5) is 22.7 Å². The Hall–Kier alpha value is -6.84. The van der Waals surface area contributed by atoms with Gasteiger partial charge < -0.3 is 34.6 Å². The molecule has 18 heteroatoms. The van der Waals surface area contributed by atoms with Gasteiger partial charge in [-0.05, 0) is 62.4 Å². The van der Waals surface area contributed by atoms with Gasteiger partial charge in [-0.2, -0.15) is 0 Å². The second-order valence-electron chi connectivity index (χ2n) is 14.6. The minimum absolute atomic E-state index is 0. The quantitative estimate of drug-likeness (QED) is 0.0601. The van der Waals surface area contributed by atoms with E-state index in [9.17, 15) is 31.5 Å². The molecule has 346 valence electrons. The van der Waals surface area contributed by atoms with Crippen LogP contribution in [-0.4, -0.2) is 85.9 Å². The molecule has 0 aliphatic heterocycles. The molecule has 0 bridgehead atoms. The smallest absolute Gasteiger partial charge is 0.870 e. The number of carboxylic acids is 1. The van der Waals surface area contributed by atoms with Crippen LogP contribution in [0.3, 0.4) is 0 Å². The van der Waals surface area contributed by atoms with Crippen molar-refractivity contribution in [1.82, 2.24) is 0 Å².